The Morgan fingerprint density at radius 2 is 1.98 bits per heavy atom. The van der Waals surface area contributed by atoms with Crippen LogP contribution < -0.4 is 9.46 Å². The molecule has 2 aliphatic rings. The molecule has 1 amide bonds. The number of sulfonamides is 1. The zero-order chi connectivity index (χ0) is 29.5. The van der Waals surface area contributed by atoms with Crippen molar-refractivity contribution < 1.29 is 23.1 Å². The fraction of sp³-hybridized carbons (Fsp3) is 0.414. The van der Waals surface area contributed by atoms with E-state index in [4.69, 9.17) is 16.3 Å². The van der Waals surface area contributed by atoms with Gasteiger partial charge >= 0.3 is 0 Å². The molecule has 5 rings (SSSR count). The number of carbonyl (C=O) groups is 1. The summed E-state index contributed by atoms with van der Waals surface area (Å²) in [7, 11) is -4.05. The third-order valence-corrected chi connectivity index (χ3v) is 12.1. The number of thiophene rings is 1. The van der Waals surface area contributed by atoms with E-state index in [-0.39, 0.29) is 16.2 Å². The molecule has 1 fully saturated rings. The first-order chi connectivity index (χ1) is 19.4. The Hall–Kier alpha value is -1.99. The van der Waals surface area contributed by atoms with Gasteiger partial charge in [0.05, 0.1) is 6.04 Å². The van der Waals surface area contributed by atoms with E-state index in [0.717, 1.165) is 37.4 Å². The van der Waals surface area contributed by atoms with Crippen LogP contribution in [0, 0.1) is 0 Å². The largest absolute Gasteiger partial charge is 0.485 e. The molecule has 41 heavy (non-hydrogen) atoms. The highest BCUT2D eigenvalue weighted by molar-refractivity contribution is 9.10. The molecule has 3 aromatic rings. The number of hydrogen-bond donors (Lipinski definition) is 2. The first-order valence-corrected chi connectivity index (χ1v) is 16.9. The van der Waals surface area contributed by atoms with Gasteiger partial charge in [-0.3, -0.25) is 9.69 Å². The highest BCUT2D eigenvalue weighted by Crippen LogP contribution is 2.42. The van der Waals surface area contributed by atoms with Crippen LogP contribution in [0.15, 0.2) is 63.3 Å². The van der Waals surface area contributed by atoms with E-state index in [1.807, 2.05) is 30.0 Å². The lowest BCUT2D eigenvalue weighted by atomic mass is 9.86. The number of ether oxygens (including phenoxy) is 1. The van der Waals surface area contributed by atoms with Gasteiger partial charge in [-0.05, 0) is 73.0 Å². The van der Waals surface area contributed by atoms with Crippen LogP contribution in [-0.4, -0.2) is 66.6 Å². The molecule has 2 aromatic carbocycles. The Balaban J connectivity index is 1.40. The Labute approximate surface area is 258 Å². The molecule has 12 heteroatoms. The van der Waals surface area contributed by atoms with E-state index in [0.29, 0.717) is 32.2 Å². The van der Waals surface area contributed by atoms with Crippen LogP contribution in [0.3, 0.4) is 0 Å². The van der Waals surface area contributed by atoms with Crippen LogP contribution in [0.1, 0.15) is 54.7 Å². The lowest BCUT2D eigenvalue weighted by molar-refractivity contribution is -0.0603. The molecule has 1 aromatic heterocycles. The topological polar surface area (TPSA) is 99.2 Å². The standard InChI is InChI=1S/C29H33BrClN3O5S2/c1-4-34(20-12-13-33(17-20)16-18-8-6-5-7-9-18)28(36)19-10-11-23-21(14-19)25(26(35)29(2,3)39-23)32-41(37,38)24-15-22(30)27(31)40-24/h5-11,14-15,20,25-26,32,35H,4,12-13,16-17H2,1-3H3/t20?,25-,26+/m1/s1. The van der Waals surface area contributed by atoms with Crippen molar-refractivity contribution in [2.24, 2.45) is 0 Å². The van der Waals surface area contributed by atoms with Gasteiger partial charge in [0.2, 0.25) is 0 Å². The number of aliphatic hydroxyl groups excluding tert-OH is 1. The second kappa shape index (κ2) is 11.9. The Morgan fingerprint density at radius 3 is 2.63 bits per heavy atom. The van der Waals surface area contributed by atoms with E-state index in [9.17, 15) is 18.3 Å². The summed E-state index contributed by atoms with van der Waals surface area (Å²) >= 11 is 10.3. The van der Waals surface area contributed by atoms with E-state index in [2.05, 4.69) is 37.7 Å². The number of halogens is 2. The second-order valence-corrected chi connectivity index (χ2v) is 15.4. The first-order valence-electron chi connectivity index (χ1n) is 13.4. The van der Waals surface area contributed by atoms with Gasteiger partial charge < -0.3 is 14.7 Å². The number of aliphatic hydroxyl groups is 1. The maximum atomic E-state index is 13.8. The maximum Gasteiger partial charge on any atom is 0.254 e. The van der Waals surface area contributed by atoms with Crippen molar-refractivity contribution in [3.63, 3.8) is 0 Å². The quantitative estimate of drug-likeness (QED) is 0.328. The summed E-state index contributed by atoms with van der Waals surface area (Å²) in [6, 6.07) is 15.7. The number of likely N-dealkylation sites (N-methyl/N-ethyl adjacent to an activating group) is 1. The lowest BCUT2D eigenvalue weighted by Crippen LogP contribution is -2.53. The second-order valence-electron chi connectivity index (χ2n) is 10.9. The van der Waals surface area contributed by atoms with Crippen molar-refractivity contribution >= 4 is 54.8 Å². The van der Waals surface area contributed by atoms with Gasteiger partial charge in [0, 0.05) is 47.8 Å². The SMILES string of the molecule is CCN(C(=O)c1ccc2c(c1)[C@@H](NS(=O)(=O)c1cc(Br)c(Cl)s1)[C@H](O)C(C)(C)O2)C1CCN(Cc2ccccc2)C1. The molecule has 3 heterocycles. The van der Waals surface area contributed by atoms with Gasteiger partial charge in [0.1, 0.15) is 26.0 Å². The van der Waals surface area contributed by atoms with Crippen molar-refractivity contribution in [1.82, 2.24) is 14.5 Å². The number of nitrogens with one attached hydrogen (secondary N) is 1. The lowest BCUT2D eigenvalue weighted by Gasteiger charge is -2.42. The van der Waals surface area contributed by atoms with Gasteiger partial charge in [-0.15, -0.1) is 11.3 Å². The van der Waals surface area contributed by atoms with Gasteiger partial charge in [0.15, 0.2) is 0 Å². The molecule has 8 nitrogen and oxygen atoms in total. The minimum absolute atomic E-state index is 0.0121. The molecule has 3 atom stereocenters. The minimum atomic E-state index is -4.05. The van der Waals surface area contributed by atoms with Crippen LogP contribution in [0.4, 0.5) is 0 Å². The maximum absolute atomic E-state index is 13.8. The zero-order valence-electron chi connectivity index (χ0n) is 23.0. The Bertz CT molecular complexity index is 1510. The third kappa shape index (κ3) is 6.36. The van der Waals surface area contributed by atoms with Gasteiger partial charge in [-0.1, -0.05) is 41.9 Å². The normalized spacial score (nSPS) is 22.2. The third-order valence-electron chi connectivity index (χ3n) is 7.70. The van der Waals surface area contributed by atoms with Crippen LogP contribution in [0.25, 0.3) is 0 Å². The fourth-order valence-corrected chi connectivity index (χ4v) is 9.07. The monoisotopic (exact) mass is 681 g/mol. The molecule has 0 radical (unpaired) electrons. The Kier molecular flexibility index (Phi) is 8.88. The van der Waals surface area contributed by atoms with Crippen molar-refractivity contribution in [2.75, 3.05) is 19.6 Å². The number of hydrogen-bond acceptors (Lipinski definition) is 7. The molecule has 2 aliphatic heterocycles. The first kappa shape index (κ1) is 30.5. The number of likely N-dealkylation sites (tertiary alicyclic amines) is 1. The highest BCUT2D eigenvalue weighted by atomic mass is 79.9. The molecular formula is C29H33BrClN3O5S2. The van der Waals surface area contributed by atoms with Crippen molar-refractivity contribution in [2.45, 2.75) is 61.7 Å². The van der Waals surface area contributed by atoms with Crippen LogP contribution in [-0.2, 0) is 16.6 Å². The molecule has 2 N–H and O–H groups in total. The minimum Gasteiger partial charge on any atom is -0.485 e. The van der Waals surface area contributed by atoms with Crippen molar-refractivity contribution in [3.8, 4) is 5.75 Å². The summed E-state index contributed by atoms with van der Waals surface area (Å²) < 4.78 is 36.2. The molecular weight excluding hydrogens is 650 g/mol. The number of amides is 1. The number of rotatable bonds is 8. The number of benzene rings is 2. The summed E-state index contributed by atoms with van der Waals surface area (Å²) in [5.74, 6) is 0.268. The number of fused-ring (bicyclic) bond motifs is 1. The number of carbonyl (C=O) groups excluding carboxylic acids is 1. The van der Waals surface area contributed by atoms with Gasteiger partial charge in [-0.2, -0.15) is 0 Å². The molecule has 0 saturated carbocycles. The Morgan fingerprint density at radius 1 is 1.24 bits per heavy atom. The van der Waals surface area contributed by atoms with Crippen LogP contribution in [0.2, 0.25) is 4.34 Å². The van der Waals surface area contributed by atoms with Crippen LogP contribution >= 0.6 is 38.9 Å². The van der Waals surface area contributed by atoms with Crippen molar-refractivity contribution in [3.05, 3.63) is 80.1 Å². The molecule has 220 valence electrons. The van der Waals surface area contributed by atoms with E-state index < -0.39 is 27.8 Å². The van der Waals surface area contributed by atoms with Crippen molar-refractivity contribution in [1.29, 1.82) is 0 Å². The van der Waals surface area contributed by atoms with E-state index in [1.165, 1.54) is 11.6 Å². The molecule has 0 spiro atoms. The predicted octanol–water partition coefficient (Wildman–Crippen LogP) is 5.45. The molecule has 1 unspecified atom stereocenters. The van der Waals surface area contributed by atoms with Crippen LogP contribution in [0.5, 0.6) is 5.75 Å². The average Bonchev–Trinajstić information content (AvgIpc) is 3.53. The molecule has 0 aliphatic carbocycles. The zero-order valence-corrected chi connectivity index (χ0v) is 27.0. The fourth-order valence-electron chi connectivity index (χ4n) is 5.53. The summed E-state index contributed by atoms with van der Waals surface area (Å²) in [6.45, 7) is 8.40. The van der Waals surface area contributed by atoms with E-state index >= 15 is 0 Å². The summed E-state index contributed by atoms with van der Waals surface area (Å²) in [6.07, 6.45) is -0.355. The van der Waals surface area contributed by atoms with Gasteiger partial charge in [-0.25, -0.2) is 13.1 Å². The highest BCUT2D eigenvalue weighted by Gasteiger charge is 2.45. The summed E-state index contributed by atoms with van der Waals surface area (Å²) in [4.78, 5) is 18.1. The predicted molar refractivity (Wildman–Crippen MR) is 164 cm³/mol. The molecule has 0 bridgehead atoms. The smallest absolute Gasteiger partial charge is 0.254 e. The summed E-state index contributed by atoms with van der Waals surface area (Å²) in [5.41, 5.74) is 0.972. The van der Waals surface area contributed by atoms with Gasteiger partial charge in [0.25, 0.3) is 15.9 Å². The number of nitrogens with zero attached hydrogens (tertiary/aromatic N) is 2. The summed E-state index contributed by atoms with van der Waals surface area (Å²) in [5, 5.41) is 11.2. The average molecular weight is 683 g/mol. The van der Waals surface area contributed by atoms with E-state index in [1.54, 1.807) is 32.0 Å². The molecule has 1 saturated heterocycles.